The van der Waals surface area contributed by atoms with E-state index < -0.39 is 12.1 Å². The molecule has 0 aliphatic rings. The average molecular weight is 388 g/mol. The maximum Gasteiger partial charge on any atom is 0.343 e. The van der Waals surface area contributed by atoms with Crippen LogP contribution in [-0.2, 0) is 9.53 Å². The first-order valence-corrected chi connectivity index (χ1v) is 8.95. The molecule has 1 N–H and O–H groups in total. The third kappa shape index (κ3) is 5.60. The van der Waals surface area contributed by atoms with E-state index in [0.29, 0.717) is 11.3 Å². The molecule has 0 fully saturated rings. The van der Waals surface area contributed by atoms with E-state index >= 15 is 0 Å². The topological polar surface area (TPSA) is 77.0 Å². The number of hydrazone groups is 1. The smallest absolute Gasteiger partial charge is 0.343 e. The third-order valence-electron chi connectivity index (χ3n) is 4.06. The van der Waals surface area contributed by atoms with E-state index in [0.717, 1.165) is 11.1 Å². The van der Waals surface area contributed by atoms with Crippen LogP contribution in [0, 0.1) is 0 Å². The number of hydrogen-bond acceptors (Lipinski definition) is 5. The van der Waals surface area contributed by atoms with Crippen molar-refractivity contribution in [3.8, 4) is 5.75 Å². The number of esters is 1. The molecule has 6 nitrogen and oxygen atoms in total. The average Bonchev–Trinajstić information content (AvgIpc) is 2.77. The Morgan fingerprint density at radius 3 is 2.14 bits per heavy atom. The van der Waals surface area contributed by atoms with E-state index in [-0.39, 0.29) is 5.91 Å². The zero-order valence-corrected chi connectivity index (χ0v) is 15.8. The summed E-state index contributed by atoms with van der Waals surface area (Å²) in [6.07, 6.45) is 0.756. The van der Waals surface area contributed by atoms with Gasteiger partial charge in [0.15, 0.2) is 6.10 Å². The van der Waals surface area contributed by atoms with Gasteiger partial charge in [-0.3, -0.25) is 4.79 Å². The molecule has 6 heteroatoms. The molecule has 0 unspecified atom stereocenters. The van der Waals surface area contributed by atoms with E-state index in [4.69, 9.17) is 9.47 Å². The molecule has 146 valence electrons. The molecular weight excluding hydrogens is 368 g/mol. The first-order chi connectivity index (χ1) is 14.2. The largest absolute Gasteiger partial charge is 0.423 e. The molecule has 29 heavy (non-hydrogen) atoms. The van der Waals surface area contributed by atoms with Crippen LogP contribution in [0.4, 0.5) is 0 Å². The van der Waals surface area contributed by atoms with Crippen molar-refractivity contribution < 1.29 is 19.1 Å². The van der Waals surface area contributed by atoms with Gasteiger partial charge in [0.25, 0.3) is 5.91 Å². The molecule has 0 bridgehead atoms. The fraction of sp³-hybridized carbons (Fsp3) is 0.0870. The number of carbonyl (C=O) groups excluding carboxylic acids is 2. The molecule has 3 aromatic rings. The predicted molar refractivity (Wildman–Crippen MR) is 110 cm³/mol. The minimum absolute atomic E-state index is 0.372. The maximum atomic E-state index is 12.3. The molecule has 3 aromatic carbocycles. The quantitative estimate of drug-likeness (QED) is 0.289. The molecule has 1 atom stereocenters. The van der Waals surface area contributed by atoms with Crippen molar-refractivity contribution in [3.05, 3.63) is 102 Å². The van der Waals surface area contributed by atoms with Gasteiger partial charge in [0, 0.05) is 7.11 Å². The summed E-state index contributed by atoms with van der Waals surface area (Å²) in [6, 6.07) is 24.7. The highest BCUT2D eigenvalue weighted by molar-refractivity contribution is 5.91. The van der Waals surface area contributed by atoms with Crippen LogP contribution >= 0.6 is 0 Å². The van der Waals surface area contributed by atoms with Gasteiger partial charge in [0.2, 0.25) is 0 Å². The van der Waals surface area contributed by atoms with E-state index in [1.807, 2.05) is 36.4 Å². The van der Waals surface area contributed by atoms with Crippen molar-refractivity contribution in [2.45, 2.75) is 6.10 Å². The lowest BCUT2D eigenvalue weighted by Gasteiger charge is -2.13. The zero-order chi connectivity index (χ0) is 20.5. The molecule has 0 aliphatic heterocycles. The van der Waals surface area contributed by atoms with Crippen molar-refractivity contribution in [1.29, 1.82) is 0 Å². The second-order valence-electron chi connectivity index (χ2n) is 6.09. The Labute approximate surface area is 168 Å². The van der Waals surface area contributed by atoms with Crippen LogP contribution in [0.15, 0.2) is 90.0 Å². The van der Waals surface area contributed by atoms with Crippen LogP contribution in [0.3, 0.4) is 0 Å². The van der Waals surface area contributed by atoms with Crippen LogP contribution in [-0.4, -0.2) is 25.2 Å². The fourth-order valence-electron chi connectivity index (χ4n) is 2.61. The molecule has 3 rings (SSSR count). The number of amides is 1. The van der Waals surface area contributed by atoms with E-state index in [9.17, 15) is 9.59 Å². The number of hydrogen-bond donors (Lipinski definition) is 1. The predicted octanol–water partition coefficient (Wildman–Crippen LogP) is 3.74. The molecule has 0 radical (unpaired) electrons. The highest BCUT2D eigenvalue weighted by Crippen LogP contribution is 2.16. The number of nitrogens with one attached hydrogen (secondary N) is 1. The third-order valence-corrected chi connectivity index (χ3v) is 4.06. The number of methoxy groups -OCH3 is 1. The Balaban J connectivity index is 1.56. The molecule has 1 amide bonds. The van der Waals surface area contributed by atoms with E-state index in [1.54, 1.807) is 48.5 Å². The van der Waals surface area contributed by atoms with Crippen molar-refractivity contribution in [2.24, 2.45) is 5.10 Å². The van der Waals surface area contributed by atoms with Gasteiger partial charge in [-0.2, -0.15) is 5.10 Å². The minimum Gasteiger partial charge on any atom is -0.423 e. The molecular formula is C23H20N2O4. The Bertz CT molecular complexity index is 971. The summed E-state index contributed by atoms with van der Waals surface area (Å²) in [6.45, 7) is 0. The molecule has 0 aliphatic carbocycles. The number of rotatable bonds is 7. The second kappa shape index (κ2) is 9.96. The lowest BCUT2D eigenvalue weighted by Crippen LogP contribution is -2.26. The van der Waals surface area contributed by atoms with Gasteiger partial charge >= 0.3 is 5.97 Å². The standard InChI is InChI=1S/C23H20N2O4/c1-28-21(18-8-4-2-5-9-18)22(26)25-24-16-17-12-14-20(15-13-17)29-23(27)19-10-6-3-7-11-19/h2-16,21H,1H3,(H,25,26)/b24-16-/t21-/m1/s1. The summed E-state index contributed by atoms with van der Waals surface area (Å²) in [5.41, 5.74) is 4.43. The summed E-state index contributed by atoms with van der Waals surface area (Å²) in [7, 11) is 1.47. The van der Waals surface area contributed by atoms with Crippen LogP contribution in [0.2, 0.25) is 0 Å². The van der Waals surface area contributed by atoms with Gasteiger partial charge < -0.3 is 9.47 Å². The number of nitrogens with zero attached hydrogens (tertiary/aromatic N) is 1. The first kappa shape index (κ1) is 20.0. The lowest BCUT2D eigenvalue weighted by atomic mass is 10.1. The highest BCUT2D eigenvalue weighted by Gasteiger charge is 2.19. The summed E-state index contributed by atoms with van der Waals surface area (Å²) in [4.78, 5) is 24.3. The molecule has 0 saturated heterocycles. The zero-order valence-electron chi connectivity index (χ0n) is 15.8. The summed E-state index contributed by atoms with van der Waals surface area (Å²) in [5.74, 6) is -0.377. The number of ether oxygens (including phenoxy) is 2. The fourth-order valence-corrected chi connectivity index (χ4v) is 2.61. The van der Waals surface area contributed by atoms with E-state index in [2.05, 4.69) is 10.5 Å². The second-order valence-corrected chi connectivity index (χ2v) is 6.09. The number of carbonyl (C=O) groups is 2. The minimum atomic E-state index is -0.742. The lowest BCUT2D eigenvalue weighted by molar-refractivity contribution is -0.131. The SMILES string of the molecule is CO[C@@H](C(=O)N/N=C\c1ccc(OC(=O)c2ccccc2)cc1)c1ccccc1. The first-order valence-electron chi connectivity index (χ1n) is 8.95. The van der Waals surface area contributed by atoms with Crippen molar-refractivity contribution in [1.82, 2.24) is 5.43 Å². The van der Waals surface area contributed by atoms with Crippen molar-refractivity contribution in [3.63, 3.8) is 0 Å². The van der Waals surface area contributed by atoms with Crippen molar-refractivity contribution in [2.75, 3.05) is 7.11 Å². The Morgan fingerprint density at radius 1 is 0.897 bits per heavy atom. The maximum absolute atomic E-state index is 12.3. The monoisotopic (exact) mass is 388 g/mol. The Hall–Kier alpha value is -3.77. The summed E-state index contributed by atoms with van der Waals surface area (Å²) < 4.78 is 10.6. The van der Waals surface area contributed by atoms with Crippen LogP contribution in [0.1, 0.15) is 27.6 Å². The molecule has 0 spiro atoms. The Kier molecular flexibility index (Phi) is 6.86. The van der Waals surface area contributed by atoms with Gasteiger partial charge in [0.1, 0.15) is 5.75 Å². The van der Waals surface area contributed by atoms with Crippen molar-refractivity contribution >= 4 is 18.1 Å². The van der Waals surface area contributed by atoms with Crippen LogP contribution < -0.4 is 10.2 Å². The summed E-state index contributed by atoms with van der Waals surface area (Å²) >= 11 is 0. The van der Waals surface area contributed by atoms with Gasteiger partial charge in [-0.05, 0) is 47.5 Å². The molecule has 0 aromatic heterocycles. The van der Waals surface area contributed by atoms with Crippen LogP contribution in [0.25, 0.3) is 0 Å². The Morgan fingerprint density at radius 2 is 1.52 bits per heavy atom. The van der Waals surface area contributed by atoms with Gasteiger partial charge in [-0.25, -0.2) is 10.2 Å². The van der Waals surface area contributed by atoms with Crippen LogP contribution in [0.5, 0.6) is 5.75 Å². The number of benzene rings is 3. The normalized spacial score (nSPS) is 11.8. The molecule has 0 heterocycles. The van der Waals surface area contributed by atoms with Gasteiger partial charge in [-0.15, -0.1) is 0 Å². The van der Waals surface area contributed by atoms with E-state index in [1.165, 1.54) is 13.3 Å². The highest BCUT2D eigenvalue weighted by atomic mass is 16.5. The molecule has 0 saturated carbocycles. The van der Waals surface area contributed by atoms with Gasteiger partial charge in [0.05, 0.1) is 11.8 Å². The van der Waals surface area contributed by atoms with Gasteiger partial charge in [-0.1, -0.05) is 48.5 Å². The summed E-state index contributed by atoms with van der Waals surface area (Å²) in [5, 5.41) is 3.96.